The van der Waals surface area contributed by atoms with Gasteiger partial charge in [0.15, 0.2) is 0 Å². The molecule has 2 aliphatic rings. The highest BCUT2D eigenvalue weighted by atomic mass is 16.2. The van der Waals surface area contributed by atoms with Crippen molar-refractivity contribution in [3.8, 4) is 6.07 Å². The van der Waals surface area contributed by atoms with Crippen molar-refractivity contribution in [2.45, 2.75) is 57.9 Å². The standard InChI is InChI=1S/C13H20N2O/c1-2-15(11-6-3-4-7-11)12(16)13(10-14)8-5-9-13/h11H,2-9H2,1H3. The Morgan fingerprint density at radius 2 is 2.00 bits per heavy atom. The Hall–Kier alpha value is -1.04. The van der Waals surface area contributed by atoms with Crippen molar-refractivity contribution in [3.05, 3.63) is 0 Å². The van der Waals surface area contributed by atoms with Crippen molar-refractivity contribution < 1.29 is 4.79 Å². The van der Waals surface area contributed by atoms with Gasteiger partial charge in [0.05, 0.1) is 6.07 Å². The zero-order valence-corrected chi connectivity index (χ0v) is 10.0. The van der Waals surface area contributed by atoms with Crippen LogP contribution in [0.2, 0.25) is 0 Å². The van der Waals surface area contributed by atoms with Crippen LogP contribution in [0.15, 0.2) is 0 Å². The van der Waals surface area contributed by atoms with Crippen molar-refractivity contribution in [2.75, 3.05) is 6.54 Å². The second kappa shape index (κ2) is 4.45. The molecule has 2 aliphatic carbocycles. The van der Waals surface area contributed by atoms with Crippen LogP contribution in [0.5, 0.6) is 0 Å². The first-order valence-electron chi connectivity index (χ1n) is 6.46. The van der Waals surface area contributed by atoms with Gasteiger partial charge in [0, 0.05) is 12.6 Å². The first kappa shape index (κ1) is 11.4. The number of amides is 1. The van der Waals surface area contributed by atoms with Crippen LogP contribution in [0.1, 0.15) is 51.9 Å². The number of carbonyl (C=O) groups is 1. The van der Waals surface area contributed by atoms with E-state index in [1.54, 1.807) is 0 Å². The quantitative estimate of drug-likeness (QED) is 0.733. The lowest BCUT2D eigenvalue weighted by Crippen LogP contribution is -2.50. The summed E-state index contributed by atoms with van der Waals surface area (Å²) < 4.78 is 0. The summed E-state index contributed by atoms with van der Waals surface area (Å²) >= 11 is 0. The van der Waals surface area contributed by atoms with Crippen molar-refractivity contribution in [2.24, 2.45) is 5.41 Å². The second-order valence-corrected chi connectivity index (χ2v) is 5.08. The molecule has 0 aromatic carbocycles. The van der Waals surface area contributed by atoms with Gasteiger partial charge in [-0.05, 0) is 39.0 Å². The number of nitriles is 1. The summed E-state index contributed by atoms with van der Waals surface area (Å²) in [7, 11) is 0. The van der Waals surface area contributed by atoms with E-state index in [1.165, 1.54) is 12.8 Å². The molecule has 0 spiro atoms. The Bertz CT molecular complexity index is 308. The number of carbonyl (C=O) groups excluding carboxylic acids is 1. The lowest BCUT2D eigenvalue weighted by atomic mass is 9.69. The van der Waals surface area contributed by atoms with E-state index >= 15 is 0 Å². The molecule has 88 valence electrons. The predicted octanol–water partition coefficient (Wildman–Crippen LogP) is 2.47. The molecule has 0 saturated heterocycles. The van der Waals surface area contributed by atoms with Crippen molar-refractivity contribution >= 4 is 5.91 Å². The molecule has 0 heterocycles. The topological polar surface area (TPSA) is 44.1 Å². The molecule has 2 saturated carbocycles. The van der Waals surface area contributed by atoms with Crippen molar-refractivity contribution in [3.63, 3.8) is 0 Å². The Kier molecular flexibility index (Phi) is 3.18. The predicted molar refractivity (Wildman–Crippen MR) is 61.5 cm³/mol. The molecule has 0 radical (unpaired) electrons. The zero-order chi connectivity index (χ0) is 11.6. The van der Waals surface area contributed by atoms with Crippen LogP contribution in [0, 0.1) is 16.7 Å². The van der Waals surface area contributed by atoms with Crippen LogP contribution in [0.3, 0.4) is 0 Å². The highest BCUT2D eigenvalue weighted by Crippen LogP contribution is 2.43. The fourth-order valence-electron chi connectivity index (χ4n) is 2.96. The van der Waals surface area contributed by atoms with Gasteiger partial charge in [-0.1, -0.05) is 12.8 Å². The van der Waals surface area contributed by atoms with Gasteiger partial charge in [-0.15, -0.1) is 0 Å². The smallest absolute Gasteiger partial charge is 0.243 e. The molecule has 3 heteroatoms. The fraction of sp³-hybridized carbons (Fsp3) is 0.846. The lowest BCUT2D eigenvalue weighted by Gasteiger charge is -2.40. The number of nitrogens with zero attached hydrogens (tertiary/aromatic N) is 2. The van der Waals surface area contributed by atoms with E-state index in [0.29, 0.717) is 6.04 Å². The van der Waals surface area contributed by atoms with E-state index in [1.807, 2.05) is 11.8 Å². The Morgan fingerprint density at radius 1 is 1.38 bits per heavy atom. The molecule has 0 aromatic heterocycles. The molecule has 2 rings (SSSR count). The van der Waals surface area contributed by atoms with Gasteiger partial charge in [-0.25, -0.2) is 0 Å². The fourth-order valence-corrected chi connectivity index (χ4v) is 2.96. The summed E-state index contributed by atoms with van der Waals surface area (Å²) in [5.74, 6) is 0.107. The average Bonchev–Trinajstić information content (AvgIpc) is 2.71. The molecule has 0 atom stereocenters. The molecule has 2 fully saturated rings. The molecule has 0 aliphatic heterocycles. The number of rotatable bonds is 3. The summed E-state index contributed by atoms with van der Waals surface area (Å²) in [4.78, 5) is 14.4. The molecule has 3 nitrogen and oxygen atoms in total. The van der Waals surface area contributed by atoms with Gasteiger partial charge in [0.1, 0.15) is 5.41 Å². The third kappa shape index (κ3) is 1.71. The number of hydrogen-bond donors (Lipinski definition) is 0. The van der Waals surface area contributed by atoms with Crippen molar-refractivity contribution in [1.82, 2.24) is 4.90 Å². The molecule has 0 N–H and O–H groups in total. The minimum Gasteiger partial charge on any atom is -0.339 e. The van der Waals surface area contributed by atoms with Crippen LogP contribution in [0.4, 0.5) is 0 Å². The highest BCUT2D eigenvalue weighted by molar-refractivity contribution is 5.86. The summed E-state index contributed by atoms with van der Waals surface area (Å²) in [6, 6.07) is 2.67. The minimum absolute atomic E-state index is 0.107. The summed E-state index contributed by atoms with van der Waals surface area (Å²) in [6.07, 6.45) is 7.28. The summed E-state index contributed by atoms with van der Waals surface area (Å²) in [5.41, 5.74) is -0.654. The van der Waals surface area contributed by atoms with Gasteiger partial charge in [0.25, 0.3) is 0 Å². The minimum atomic E-state index is -0.654. The average molecular weight is 220 g/mol. The molecular formula is C13H20N2O. The van der Waals surface area contributed by atoms with E-state index in [2.05, 4.69) is 6.07 Å². The van der Waals surface area contributed by atoms with E-state index in [0.717, 1.165) is 38.6 Å². The molecule has 16 heavy (non-hydrogen) atoms. The maximum atomic E-state index is 12.4. The number of hydrogen-bond acceptors (Lipinski definition) is 2. The van der Waals surface area contributed by atoms with Gasteiger partial charge in [0.2, 0.25) is 5.91 Å². The van der Waals surface area contributed by atoms with Crippen LogP contribution in [-0.2, 0) is 4.79 Å². The zero-order valence-electron chi connectivity index (χ0n) is 10.0. The van der Waals surface area contributed by atoms with Gasteiger partial charge < -0.3 is 4.90 Å². The second-order valence-electron chi connectivity index (χ2n) is 5.08. The Morgan fingerprint density at radius 3 is 2.38 bits per heavy atom. The third-order valence-electron chi connectivity index (χ3n) is 4.20. The SMILES string of the molecule is CCN(C(=O)C1(C#N)CCC1)C1CCCC1. The molecule has 0 unspecified atom stereocenters. The first-order chi connectivity index (χ1) is 7.73. The molecule has 0 bridgehead atoms. The van der Waals surface area contributed by atoms with Crippen LogP contribution in [0.25, 0.3) is 0 Å². The van der Waals surface area contributed by atoms with Crippen LogP contribution >= 0.6 is 0 Å². The Labute approximate surface area is 97.4 Å². The maximum absolute atomic E-state index is 12.4. The van der Waals surface area contributed by atoms with Gasteiger partial charge in [-0.2, -0.15) is 5.26 Å². The monoisotopic (exact) mass is 220 g/mol. The first-order valence-corrected chi connectivity index (χ1v) is 6.46. The molecular weight excluding hydrogens is 200 g/mol. The van der Waals surface area contributed by atoms with Crippen molar-refractivity contribution in [1.29, 1.82) is 5.26 Å². The molecule has 0 aromatic rings. The normalized spacial score (nSPS) is 23.5. The third-order valence-corrected chi connectivity index (χ3v) is 4.20. The summed E-state index contributed by atoms with van der Waals surface area (Å²) in [5, 5.41) is 9.20. The van der Waals surface area contributed by atoms with E-state index < -0.39 is 5.41 Å². The largest absolute Gasteiger partial charge is 0.339 e. The Balaban J connectivity index is 2.09. The van der Waals surface area contributed by atoms with Gasteiger partial charge >= 0.3 is 0 Å². The van der Waals surface area contributed by atoms with Crippen LogP contribution in [-0.4, -0.2) is 23.4 Å². The molecule has 1 amide bonds. The summed E-state index contributed by atoms with van der Waals surface area (Å²) in [6.45, 7) is 2.78. The highest BCUT2D eigenvalue weighted by Gasteiger charge is 2.47. The van der Waals surface area contributed by atoms with Gasteiger partial charge in [-0.3, -0.25) is 4.79 Å². The maximum Gasteiger partial charge on any atom is 0.243 e. The van der Waals surface area contributed by atoms with E-state index in [-0.39, 0.29) is 5.91 Å². The van der Waals surface area contributed by atoms with E-state index in [4.69, 9.17) is 0 Å². The van der Waals surface area contributed by atoms with Crippen LogP contribution < -0.4 is 0 Å². The lowest BCUT2D eigenvalue weighted by molar-refractivity contribution is -0.145. The van der Waals surface area contributed by atoms with E-state index in [9.17, 15) is 10.1 Å².